The van der Waals surface area contributed by atoms with E-state index >= 15 is 0 Å². The maximum absolute atomic E-state index is 12.4. The Balaban J connectivity index is 1.55. The minimum atomic E-state index is -0.596. The molecule has 7 heteroatoms. The normalized spacial score (nSPS) is 15.8. The average Bonchev–Trinajstić information content (AvgIpc) is 3.09. The second-order valence-corrected chi connectivity index (χ2v) is 7.28. The number of carbonyl (C=O) groups excluding carboxylic acids is 3. The number of hydrogen-bond acceptors (Lipinski definition) is 5. The molecule has 7 nitrogen and oxygen atoms in total. The summed E-state index contributed by atoms with van der Waals surface area (Å²) in [5, 5.41) is 2.68. The lowest BCUT2D eigenvalue weighted by molar-refractivity contribution is -0.151. The van der Waals surface area contributed by atoms with Crippen molar-refractivity contribution in [2.45, 2.75) is 27.2 Å². The van der Waals surface area contributed by atoms with Crippen LogP contribution in [0.3, 0.4) is 0 Å². The van der Waals surface area contributed by atoms with Crippen molar-refractivity contribution in [1.29, 1.82) is 0 Å². The molecule has 0 unspecified atom stereocenters. The van der Waals surface area contributed by atoms with Crippen LogP contribution in [0.4, 0.5) is 11.4 Å². The predicted molar refractivity (Wildman–Crippen MR) is 114 cm³/mol. The van der Waals surface area contributed by atoms with Crippen molar-refractivity contribution in [1.82, 2.24) is 0 Å². The van der Waals surface area contributed by atoms with Gasteiger partial charge in [-0.3, -0.25) is 14.4 Å². The highest BCUT2D eigenvalue weighted by Crippen LogP contribution is 2.29. The first kappa shape index (κ1) is 21.4. The Bertz CT molecular complexity index is 956. The lowest BCUT2D eigenvalue weighted by Gasteiger charge is -2.19. The highest BCUT2D eigenvalue weighted by molar-refractivity contribution is 6.00. The minimum Gasteiger partial charge on any atom is -0.492 e. The van der Waals surface area contributed by atoms with Crippen LogP contribution >= 0.6 is 0 Å². The van der Waals surface area contributed by atoms with Crippen molar-refractivity contribution in [2.75, 3.05) is 30.0 Å². The van der Waals surface area contributed by atoms with Crippen LogP contribution < -0.4 is 15.0 Å². The Morgan fingerprint density at radius 1 is 1.17 bits per heavy atom. The Morgan fingerprint density at radius 2 is 1.93 bits per heavy atom. The SMILES string of the molecule is CCOc1ccccc1NC(=O)COC(=O)[C@@H]1CC(=O)N(c2ccc(C)cc2C)C1. The van der Waals surface area contributed by atoms with E-state index < -0.39 is 24.4 Å². The molecule has 3 rings (SSSR count). The summed E-state index contributed by atoms with van der Waals surface area (Å²) in [6, 6.07) is 12.9. The molecular formula is C23H26N2O5. The van der Waals surface area contributed by atoms with E-state index in [4.69, 9.17) is 9.47 Å². The first-order chi connectivity index (χ1) is 14.4. The molecule has 30 heavy (non-hydrogen) atoms. The first-order valence-corrected chi connectivity index (χ1v) is 9.95. The standard InChI is InChI=1S/C23H26N2O5/c1-4-29-20-8-6-5-7-18(20)24-21(26)14-30-23(28)17-12-22(27)25(13-17)19-10-9-15(2)11-16(19)3/h5-11,17H,4,12-14H2,1-3H3,(H,24,26)/t17-/m1/s1. The van der Waals surface area contributed by atoms with E-state index in [1.165, 1.54) is 0 Å². The summed E-state index contributed by atoms with van der Waals surface area (Å²) >= 11 is 0. The highest BCUT2D eigenvalue weighted by atomic mass is 16.5. The number of aryl methyl sites for hydroxylation is 2. The van der Waals surface area contributed by atoms with E-state index in [1.54, 1.807) is 29.2 Å². The van der Waals surface area contributed by atoms with Crippen molar-refractivity contribution < 1.29 is 23.9 Å². The van der Waals surface area contributed by atoms with Gasteiger partial charge < -0.3 is 19.7 Å². The van der Waals surface area contributed by atoms with Gasteiger partial charge in [0.05, 0.1) is 18.2 Å². The monoisotopic (exact) mass is 410 g/mol. The van der Waals surface area contributed by atoms with Gasteiger partial charge in [0.2, 0.25) is 5.91 Å². The average molecular weight is 410 g/mol. The minimum absolute atomic E-state index is 0.0704. The highest BCUT2D eigenvalue weighted by Gasteiger charge is 2.36. The zero-order valence-electron chi connectivity index (χ0n) is 17.4. The first-order valence-electron chi connectivity index (χ1n) is 9.95. The molecule has 1 N–H and O–H groups in total. The predicted octanol–water partition coefficient (Wildman–Crippen LogP) is 3.24. The van der Waals surface area contributed by atoms with E-state index in [2.05, 4.69) is 5.32 Å². The summed E-state index contributed by atoms with van der Waals surface area (Å²) in [4.78, 5) is 38.7. The molecule has 0 spiro atoms. The van der Waals surface area contributed by atoms with Gasteiger partial charge in [-0.05, 0) is 44.5 Å². The van der Waals surface area contributed by atoms with Crippen LogP contribution in [0.25, 0.3) is 0 Å². The lowest BCUT2D eigenvalue weighted by atomic mass is 10.1. The Kier molecular flexibility index (Phi) is 6.72. The topological polar surface area (TPSA) is 84.9 Å². The van der Waals surface area contributed by atoms with E-state index in [-0.39, 0.29) is 18.9 Å². The number of nitrogens with one attached hydrogen (secondary N) is 1. The number of carbonyl (C=O) groups is 3. The number of rotatable bonds is 7. The van der Waals surface area contributed by atoms with Gasteiger partial charge in [-0.25, -0.2) is 0 Å². The molecule has 2 aromatic carbocycles. The Labute approximate surface area is 176 Å². The maximum Gasteiger partial charge on any atom is 0.311 e. The third kappa shape index (κ3) is 4.97. The van der Waals surface area contributed by atoms with Crippen LogP contribution in [0.2, 0.25) is 0 Å². The fraction of sp³-hybridized carbons (Fsp3) is 0.348. The smallest absolute Gasteiger partial charge is 0.311 e. The van der Waals surface area contributed by atoms with Gasteiger partial charge in [0, 0.05) is 18.7 Å². The van der Waals surface area contributed by atoms with E-state index in [1.807, 2.05) is 39.0 Å². The quantitative estimate of drug-likeness (QED) is 0.709. The molecule has 1 atom stereocenters. The molecule has 0 aromatic heterocycles. The molecular weight excluding hydrogens is 384 g/mol. The third-order valence-corrected chi connectivity index (χ3v) is 4.91. The van der Waals surface area contributed by atoms with Crippen LogP contribution in [0, 0.1) is 19.8 Å². The summed E-state index contributed by atoms with van der Waals surface area (Å²) in [7, 11) is 0. The summed E-state index contributed by atoms with van der Waals surface area (Å²) in [6.07, 6.45) is 0.0704. The molecule has 2 aromatic rings. The van der Waals surface area contributed by atoms with E-state index in [0.717, 1.165) is 16.8 Å². The zero-order chi connectivity index (χ0) is 21.7. The Hall–Kier alpha value is -3.35. The molecule has 1 saturated heterocycles. The van der Waals surface area contributed by atoms with Crippen LogP contribution in [0.5, 0.6) is 5.75 Å². The number of hydrogen-bond donors (Lipinski definition) is 1. The number of ether oxygens (including phenoxy) is 2. The van der Waals surface area contributed by atoms with Crippen LogP contribution in [-0.2, 0) is 19.1 Å². The summed E-state index contributed by atoms with van der Waals surface area (Å²) in [5.74, 6) is -1.19. The molecule has 0 aliphatic carbocycles. The van der Waals surface area contributed by atoms with Gasteiger partial charge in [0.1, 0.15) is 5.75 Å². The number of anilines is 2. The molecule has 0 bridgehead atoms. The summed E-state index contributed by atoms with van der Waals surface area (Å²) < 4.78 is 10.6. The van der Waals surface area contributed by atoms with Gasteiger partial charge in [0.25, 0.3) is 5.91 Å². The van der Waals surface area contributed by atoms with E-state index in [9.17, 15) is 14.4 Å². The van der Waals surface area contributed by atoms with Crippen LogP contribution in [0.1, 0.15) is 24.5 Å². The second kappa shape index (κ2) is 9.43. The molecule has 0 saturated carbocycles. The molecule has 2 amide bonds. The fourth-order valence-electron chi connectivity index (χ4n) is 3.50. The number of para-hydroxylation sites is 2. The van der Waals surface area contributed by atoms with Gasteiger partial charge in [-0.2, -0.15) is 0 Å². The molecule has 0 radical (unpaired) electrons. The molecule has 1 heterocycles. The van der Waals surface area contributed by atoms with Crippen LogP contribution in [-0.4, -0.2) is 37.5 Å². The molecule has 1 fully saturated rings. The zero-order valence-corrected chi connectivity index (χ0v) is 17.4. The summed E-state index contributed by atoms with van der Waals surface area (Å²) in [5.41, 5.74) is 3.39. The number of benzene rings is 2. The lowest BCUT2D eigenvalue weighted by Crippen LogP contribution is -2.28. The Morgan fingerprint density at radius 3 is 2.67 bits per heavy atom. The molecule has 158 valence electrons. The molecule has 1 aliphatic heterocycles. The van der Waals surface area contributed by atoms with E-state index in [0.29, 0.717) is 18.0 Å². The van der Waals surface area contributed by atoms with Crippen molar-refractivity contribution in [3.05, 3.63) is 53.6 Å². The second-order valence-electron chi connectivity index (χ2n) is 7.28. The number of esters is 1. The van der Waals surface area contributed by atoms with Crippen molar-refractivity contribution in [3.63, 3.8) is 0 Å². The fourth-order valence-corrected chi connectivity index (χ4v) is 3.50. The van der Waals surface area contributed by atoms with Gasteiger partial charge in [0.15, 0.2) is 6.61 Å². The van der Waals surface area contributed by atoms with Crippen LogP contribution in [0.15, 0.2) is 42.5 Å². The van der Waals surface area contributed by atoms with Crippen molar-refractivity contribution >= 4 is 29.2 Å². The van der Waals surface area contributed by atoms with Gasteiger partial charge in [-0.1, -0.05) is 29.8 Å². The largest absolute Gasteiger partial charge is 0.492 e. The third-order valence-electron chi connectivity index (χ3n) is 4.91. The summed E-state index contributed by atoms with van der Waals surface area (Å²) in [6.45, 7) is 6.06. The number of amides is 2. The van der Waals surface area contributed by atoms with Crippen molar-refractivity contribution in [3.8, 4) is 5.75 Å². The molecule has 1 aliphatic rings. The van der Waals surface area contributed by atoms with Gasteiger partial charge >= 0.3 is 5.97 Å². The maximum atomic E-state index is 12.4. The number of nitrogens with zero attached hydrogens (tertiary/aromatic N) is 1. The van der Waals surface area contributed by atoms with Gasteiger partial charge in [-0.15, -0.1) is 0 Å². The van der Waals surface area contributed by atoms with Crippen molar-refractivity contribution in [2.24, 2.45) is 5.92 Å².